The van der Waals surface area contributed by atoms with E-state index in [0.717, 1.165) is 15.4 Å². The van der Waals surface area contributed by atoms with Crippen molar-refractivity contribution in [2.24, 2.45) is 0 Å². The third-order valence-electron chi connectivity index (χ3n) is 5.61. The van der Waals surface area contributed by atoms with Crippen LogP contribution in [-0.4, -0.2) is 26.5 Å². The number of rotatable bonds is 7. The first kappa shape index (κ1) is 27.2. The molecule has 0 saturated carbocycles. The monoisotopic (exact) mass is 560 g/mol. The van der Waals surface area contributed by atoms with Crippen LogP contribution in [-0.2, 0) is 27.5 Å². The van der Waals surface area contributed by atoms with Crippen LogP contribution in [0.15, 0.2) is 96.0 Å². The zero-order valence-electron chi connectivity index (χ0n) is 19.8. The van der Waals surface area contributed by atoms with Crippen molar-refractivity contribution in [2.45, 2.75) is 17.6 Å². The Bertz CT molecular complexity index is 1560. The molecule has 6 nitrogen and oxygen atoms in total. The molecule has 0 saturated heterocycles. The molecule has 0 radical (unpaired) electrons. The molecule has 0 fully saturated rings. The average molecular weight is 561 g/mol. The molecule has 11 heteroatoms. The molecule has 0 unspecified atom stereocenters. The maximum Gasteiger partial charge on any atom is 0.417 e. The molecule has 0 N–H and O–H groups in total. The van der Waals surface area contributed by atoms with Crippen LogP contribution in [0.2, 0.25) is 5.02 Å². The summed E-state index contributed by atoms with van der Waals surface area (Å²) in [5.41, 5.74) is 1.26. The van der Waals surface area contributed by atoms with Crippen LogP contribution in [0.5, 0.6) is 0 Å². The van der Waals surface area contributed by atoms with Gasteiger partial charge in [-0.15, -0.1) is 0 Å². The third kappa shape index (κ3) is 5.81. The zero-order valence-corrected chi connectivity index (χ0v) is 21.4. The number of hydrogen-bond donors (Lipinski definition) is 0. The Balaban J connectivity index is 1.80. The van der Waals surface area contributed by atoms with Gasteiger partial charge in [-0.1, -0.05) is 60.1 Å². The zero-order chi connectivity index (χ0) is 27.5. The molecule has 0 aliphatic carbocycles. The van der Waals surface area contributed by atoms with Crippen LogP contribution in [0.25, 0.3) is 11.1 Å². The molecule has 4 rings (SSSR count). The van der Waals surface area contributed by atoms with Gasteiger partial charge in [-0.25, -0.2) is 22.5 Å². The summed E-state index contributed by atoms with van der Waals surface area (Å²) in [6, 6.07) is 22.0. The highest BCUT2D eigenvalue weighted by molar-refractivity contribution is 7.92. The first-order valence-electron chi connectivity index (χ1n) is 11.1. The van der Waals surface area contributed by atoms with Crippen molar-refractivity contribution in [3.63, 3.8) is 0 Å². The van der Waals surface area contributed by atoms with E-state index in [1.165, 1.54) is 31.4 Å². The number of carbonyl (C=O) groups is 1. The Hall–Kier alpha value is -3.89. The first-order valence-corrected chi connectivity index (χ1v) is 12.9. The fourth-order valence-corrected chi connectivity index (χ4v) is 5.44. The summed E-state index contributed by atoms with van der Waals surface area (Å²) in [5, 5.41) is -0.492. The van der Waals surface area contributed by atoms with Crippen LogP contribution in [0.1, 0.15) is 21.5 Å². The molecule has 0 aliphatic rings. The highest BCUT2D eigenvalue weighted by Gasteiger charge is 2.34. The van der Waals surface area contributed by atoms with Crippen LogP contribution in [0, 0.1) is 0 Å². The van der Waals surface area contributed by atoms with Gasteiger partial charge in [0.1, 0.15) is 0 Å². The highest BCUT2D eigenvalue weighted by atomic mass is 35.5. The Morgan fingerprint density at radius 2 is 1.61 bits per heavy atom. The number of hydrogen-bond acceptors (Lipinski definition) is 5. The van der Waals surface area contributed by atoms with Gasteiger partial charge >= 0.3 is 12.1 Å². The number of halogens is 4. The first-order chi connectivity index (χ1) is 18.0. The lowest BCUT2D eigenvalue weighted by Crippen LogP contribution is -2.32. The molecule has 0 amide bonds. The van der Waals surface area contributed by atoms with Crippen LogP contribution in [0.3, 0.4) is 0 Å². The summed E-state index contributed by atoms with van der Waals surface area (Å²) < 4.78 is 72.7. The SMILES string of the molecule is COC(=O)c1ccc(S(=O)(=O)N(Cc2cccc(-c3ccccc3)c2)c2ncc(C(F)(F)F)cc2Cl)cc1. The summed E-state index contributed by atoms with van der Waals surface area (Å²) in [6.07, 6.45) is -4.18. The van der Waals surface area contributed by atoms with Crippen molar-refractivity contribution in [3.8, 4) is 11.1 Å². The molecule has 38 heavy (non-hydrogen) atoms. The van der Waals surface area contributed by atoms with Gasteiger partial charge in [0.25, 0.3) is 10.0 Å². The maximum absolute atomic E-state index is 13.8. The number of pyridine rings is 1. The second-order valence-electron chi connectivity index (χ2n) is 8.12. The van der Waals surface area contributed by atoms with Crippen molar-refractivity contribution >= 4 is 33.4 Å². The number of nitrogens with zero attached hydrogens (tertiary/aromatic N) is 2. The number of carbonyl (C=O) groups excluding carboxylic acids is 1. The summed E-state index contributed by atoms with van der Waals surface area (Å²) >= 11 is 6.17. The van der Waals surface area contributed by atoms with Gasteiger partial charge in [0, 0.05) is 6.20 Å². The predicted molar refractivity (Wildman–Crippen MR) is 137 cm³/mol. The Morgan fingerprint density at radius 3 is 2.21 bits per heavy atom. The van der Waals surface area contributed by atoms with Crippen molar-refractivity contribution < 1.29 is 31.1 Å². The fourth-order valence-electron chi connectivity index (χ4n) is 3.70. The van der Waals surface area contributed by atoms with E-state index in [-0.39, 0.29) is 22.8 Å². The largest absolute Gasteiger partial charge is 0.465 e. The highest BCUT2D eigenvalue weighted by Crippen LogP contribution is 2.36. The minimum atomic E-state index is -4.72. The molecule has 3 aromatic carbocycles. The number of benzene rings is 3. The lowest BCUT2D eigenvalue weighted by atomic mass is 10.0. The number of sulfonamides is 1. The molecule has 0 aliphatic heterocycles. The van der Waals surface area contributed by atoms with Crippen molar-refractivity contribution in [1.82, 2.24) is 4.98 Å². The van der Waals surface area contributed by atoms with E-state index in [1.54, 1.807) is 18.2 Å². The smallest absolute Gasteiger partial charge is 0.417 e. The Labute approximate surface area is 222 Å². The second-order valence-corrected chi connectivity index (χ2v) is 10.4. The van der Waals surface area contributed by atoms with E-state index in [9.17, 15) is 26.4 Å². The molecule has 0 spiro atoms. The summed E-state index contributed by atoms with van der Waals surface area (Å²) in [6.45, 7) is -0.278. The van der Waals surface area contributed by atoms with E-state index >= 15 is 0 Å². The van der Waals surface area contributed by atoms with E-state index in [2.05, 4.69) is 9.72 Å². The van der Waals surface area contributed by atoms with Crippen molar-refractivity contribution in [3.05, 3.63) is 113 Å². The molecule has 4 aromatic rings. The number of aromatic nitrogens is 1. The van der Waals surface area contributed by atoms with Gasteiger partial charge in [-0.05, 0) is 53.1 Å². The minimum absolute atomic E-state index is 0.124. The quantitative estimate of drug-likeness (QED) is 0.238. The lowest BCUT2D eigenvalue weighted by Gasteiger charge is -2.25. The standard InChI is InChI=1S/C27H20ClF3N2O4S/c1-37-26(34)20-10-12-23(13-11-20)38(35,36)33(25-24(28)15-22(16-32-25)27(29,30)31)17-18-6-5-9-21(14-18)19-7-3-2-4-8-19/h2-16H,17H2,1H3. The fraction of sp³-hybridized carbons (Fsp3) is 0.111. The molecular formula is C27H20ClF3N2O4S. The Morgan fingerprint density at radius 1 is 0.947 bits per heavy atom. The number of alkyl halides is 3. The summed E-state index contributed by atoms with van der Waals surface area (Å²) in [4.78, 5) is 15.3. The minimum Gasteiger partial charge on any atom is -0.465 e. The van der Waals surface area contributed by atoms with Gasteiger partial charge in [0.05, 0.1) is 34.7 Å². The molecule has 0 atom stereocenters. The lowest BCUT2D eigenvalue weighted by molar-refractivity contribution is -0.137. The van der Waals surface area contributed by atoms with Gasteiger partial charge < -0.3 is 4.74 Å². The van der Waals surface area contributed by atoms with Crippen molar-refractivity contribution in [1.29, 1.82) is 0 Å². The summed E-state index contributed by atoms with van der Waals surface area (Å²) in [7, 11) is -3.21. The average Bonchev–Trinajstić information content (AvgIpc) is 2.91. The van der Waals surface area contributed by atoms with Gasteiger partial charge in [0.15, 0.2) is 5.82 Å². The van der Waals surface area contributed by atoms with E-state index in [4.69, 9.17) is 11.6 Å². The van der Waals surface area contributed by atoms with E-state index < -0.39 is 32.8 Å². The van der Waals surface area contributed by atoms with Crippen LogP contribution < -0.4 is 4.31 Å². The van der Waals surface area contributed by atoms with Gasteiger partial charge in [-0.2, -0.15) is 13.2 Å². The number of anilines is 1. The number of ether oxygens (including phenoxy) is 1. The predicted octanol–water partition coefficient (Wildman–Crippen LogP) is 6.60. The molecule has 196 valence electrons. The molecule has 1 heterocycles. The number of esters is 1. The topological polar surface area (TPSA) is 76.6 Å². The van der Waals surface area contributed by atoms with Gasteiger partial charge in [-0.3, -0.25) is 0 Å². The molecular weight excluding hydrogens is 541 g/mol. The van der Waals surface area contributed by atoms with Gasteiger partial charge in [0.2, 0.25) is 0 Å². The number of methoxy groups -OCH3 is 1. The maximum atomic E-state index is 13.8. The van der Waals surface area contributed by atoms with E-state index in [0.29, 0.717) is 17.8 Å². The normalized spacial score (nSPS) is 11.7. The van der Waals surface area contributed by atoms with E-state index in [1.807, 2.05) is 36.4 Å². The van der Waals surface area contributed by atoms with Crippen molar-refractivity contribution in [2.75, 3.05) is 11.4 Å². The summed E-state index contributed by atoms with van der Waals surface area (Å²) in [5.74, 6) is -1.03. The van der Waals surface area contributed by atoms with Crippen LogP contribution in [0.4, 0.5) is 19.0 Å². The van der Waals surface area contributed by atoms with Crippen LogP contribution >= 0.6 is 11.6 Å². The third-order valence-corrected chi connectivity index (χ3v) is 7.64. The Kier molecular flexibility index (Phi) is 7.75. The molecule has 0 bridgehead atoms. The second kappa shape index (κ2) is 10.8. The molecule has 1 aromatic heterocycles.